The van der Waals surface area contributed by atoms with Crippen molar-refractivity contribution in [2.75, 3.05) is 0 Å². The predicted octanol–water partition coefficient (Wildman–Crippen LogP) is 3.95. The number of ether oxygens (including phenoxy) is 2. The van der Waals surface area contributed by atoms with E-state index in [-0.39, 0.29) is 36.3 Å². The normalized spacial score (nSPS) is 15.2. The summed E-state index contributed by atoms with van der Waals surface area (Å²) in [4.78, 5) is 33.7. The van der Waals surface area contributed by atoms with Crippen LogP contribution in [0.25, 0.3) is 5.76 Å². The van der Waals surface area contributed by atoms with E-state index >= 15 is 0 Å². The Morgan fingerprint density at radius 1 is 1.10 bits per heavy atom. The molecule has 0 spiro atoms. The van der Waals surface area contributed by atoms with Gasteiger partial charge in [0.05, 0.1) is 4.92 Å². The van der Waals surface area contributed by atoms with Crippen molar-refractivity contribution in [1.29, 1.82) is 0 Å². The molecule has 1 aliphatic rings. The Kier molecular flexibility index (Phi) is 6.23. The van der Waals surface area contributed by atoms with Gasteiger partial charge in [-0.1, -0.05) is 30.3 Å². The highest BCUT2D eigenvalue weighted by Gasteiger charge is 2.24. The lowest BCUT2D eigenvalue weighted by Gasteiger charge is -2.12. The molecule has 0 amide bonds. The van der Waals surface area contributed by atoms with Crippen molar-refractivity contribution in [3.8, 4) is 0 Å². The van der Waals surface area contributed by atoms with Gasteiger partial charge in [0.1, 0.15) is 6.26 Å². The zero-order valence-electron chi connectivity index (χ0n) is 15.4. The Labute approximate surface area is 166 Å². The molecule has 1 heterocycles. The van der Waals surface area contributed by atoms with Crippen molar-refractivity contribution in [2.24, 2.45) is 0 Å². The van der Waals surface area contributed by atoms with Gasteiger partial charge in [-0.25, -0.2) is 0 Å². The fourth-order valence-corrected chi connectivity index (χ4v) is 2.93. The van der Waals surface area contributed by atoms with Crippen molar-refractivity contribution >= 4 is 23.2 Å². The van der Waals surface area contributed by atoms with Crippen LogP contribution in [0.2, 0.25) is 0 Å². The molecule has 1 unspecified atom stereocenters. The SMILES string of the molecule is O=C(O)CCCC(=O)c1cc(C2=COC(Cc3ccccc3)O2)cc([N+](=O)[O-])c1. The summed E-state index contributed by atoms with van der Waals surface area (Å²) in [6.45, 7) is 0. The molecular weight excluding hydrogens is 378 g/mol. The van der Waals surface area contributed by atoms with Crippen LogP contribution in [0.15, 0.2) is 54.8 Å². The number of carbonyl (C=O) groups excluding carboxylic acids is 1. The lowest BCUT2D eigenvalue weighted by molar-refractivity contribution is -0.384. The maximum Gasteiger partial charge on any atom is 0.303 e. The molecule has 8 nitrogen and oxygen atoms in total. The van der Waals surface area contributed by atoms with Crippen molar-refractivity contribution in [3.63, 3.8) is 0 Å². The largest absolute Gasteiger partial charge is 0.481 e. The standard InChI is InChI=1S/C21H19NO7/c23-18(7-4-8-20(24)25)15-10-16(12-17(11-15)22(26)27)19-13-28-21(29-19)9-14-5-2-1-3-6-14/h1-3,5-6,10-13,21H,4,7-9H2,(H,24,25). The Hall–Kier alpha value is -3.68. The van der Waals surface area contributed by atoms with Crippen LogP contribution < -0.4 is 0 Å². The first-order valence-electron chi connectivity index (χ1n) is 9.03. The summed E-state index contributed by atoms with van der Waals surface area (Å²) >= 11 is 0. The van der Waals surface area contributed by atoms with E-state index in [1.54, 1.807) is 0 Å². The number of benzene rings is 2. The zero-order chi connectivity index (χ0) is 20.8. The number of non-ortho nitro benzene ring substituents is 1. The summed E-state index contributed by atoms with van der Waals surface area (Å²) in [5, 5.41) is 20.0. The van der Waals surface area contributed by atoms with Crippen molar-refractivity contribution in [3.05, 3.63) is 81.6 Å². The Balaban J connectivity index is 1.74. The molecule has 0 radical (unpaired) electrons. The van der Waals surface area contributed by atoms with Crippen molar-refractivity contribution in [2.45, 2.75) is 32.0 Å². The highest BCUT2D eigenvalue weighted by molar-refractivity contribution is 5.97. The van der Waals surface area contributed by atoms with E-state index in [4.69, 9.17) is 14.6 Å². The average Bonchev–Trinajstić information content (AvgIpc) is 3.16. The molecule has 0 fully saturated rings. The minimum atomic E-state index is -0.997. The van der Waals surface area contributed by atoms with Gasteiger partial charge in [-0.2, -0.15) is 0 Å². The molecular formula is C21H19NO7. The smallest absolute Gasteiger partial charge is 0.303 e. The monoisotopic (exact) mass is 397 g/mol. The van der Waals surface area contributed by atoms with E-state index in [1.807, 2.05) is 30.3 Å². The van der Waals surface area contributed by atoms with Crippen LogP contribution in [0.3, 0.4) is 0 Å². The van der Waals surface area contributed by atoms with Gasteiger partial charge in [0, 0.05) is 42.5 Å². The number of nitro groups is 1. The maximum absolute atomic E-state index is 12.4. The number of carboxylic acids is 1. The molecule has 0 aliphatic carbocycles. The third kappa shape index (κ3) is 5.41. The lowest BCUT2D eigenvalue weighted by atomic mass is 10.0. The molecule has 2 aromatic carbocycles. The second-order valence-electron chi connectivity index (χ2n) is 6.55. The zero-order valence-corrected chi connectivity index (χ0v) is 15.4. The second kappa shape index (κ2) is 9.01. The number of rotatable bonds is 9. The molecule has 29 heavy (non-hydrogen) atoms. The highest BCUT2D eigenvalue weighted by Crippen LogP contribution is 2.30. The third-order valence-electron chi connectivity index (χ3n) is 4.36. The molecule has 150 valence electrons. The summed E-state index contributed by atoms with van der Waals surface area (Å²) in [5.41, 5.74) is 1.26. The van der Waals surface area contributed by atoms with Gasteiger partial charge >= 0.3 is 5.97 Å². The summed E-state index contributed by atoms with van der Waals surface area (Å²) in [6, 6.07) is 13.6. The minimum absolute atomic E-state index is 0.0139. The van der Waals surface area contributed by atoms with Gasteiger partial charge < -0.3 is 14.6 Å². The Morgan fingerprint density at radius 2 is 1.86 bits per heavy atom. The number of nitrogens with zero attached hydrogens (tertiary/aromatic N) is 1. The van der Waals surface area contributed by atoms with Crippen LogP contribution in [-0.4, -0.2) is 28.1 Å². The van der Waals surface area contributed by atoms with Gasteiger partial charge in [0.25, 0.3) is 5.69 Å². The molecule has 0 aromatic heterocycles. The lowest BCUT2D eigenvalue weighted by Crippen LogP contribution is -2.12. The van der Waals surface area contributed by atoms with Crippen LogP contribution in [0.1, 0.15) is 40.7 Å². The number of nitro benzene ring substituents is 1. The molecule has 1 atom stereocenters. The molecule has 0 bridgehead atoms. The number of carboxylic acid groups (broad SMARTS) is 1. The number of hydrogen-bond acceptors (Lipinski definition) is 6. The van der Waals surface area contributed by atoms with E-state index < -0.39 is 17.2 Å². The Bertz CT molecular complexity index is 953. The van der Waals surface area contributed by atoms with Crippen LogP contribution in [-0.2, 0) is 20.7 Å². The van der Waals surface area contributed by atoms with Gasteiger partial charge in [-0.3, -0.25) is 19.7 Å². The molecule has 2 aromatic rings. The van der Waals surface area contributed by atoms with Crippen LogP contribution in [0.5, 0.6) is 0 Å². The number of Topliss-reactive ketones (excluding diaryl/α,β-unsaturated/α-hetero) is 1. The van der Waals surface area contributed by atoms with Crippen molar-refractivity contribution in [1.82, 2.24) is 0 Å². The molecule has 3 rings (SSSR count). The molecule has 0 saturated carbocycles. The third-order valence-corrected chi connectivity index (χ3v) is 4.36. The summed E-state index contributed by atoms with van der Waals surface area (Å²) in [6.07, 6.45) is 1.31. The van der Waals surface area contributed by atoms with Gasteiger partial charge in [-0.05, 0) is 18.1 Å². The van der Waals surface area contributed by atoms with Crippen LogP contribution in [0, 0.1) is 10.1 Å². The summed E-state index contributed by atoms with van der Waals surface area (Å²) in [7, 11) is 0. The first-order valence-corrected chi connectivity index (χ1v) is 9.03. The predicted molar refractivity (Wildman–Crippen MR) is 103 cm³/mol. The fourth-order valence-electron chi connectivity index (χ4n) is 2.93. The average molecular weight is 397 g/mol. The minimum Gasteiger partial charge on any atom is -0.481 e. The number of carbonyl (C=O) groups is 2. The van der Waals surface area contributed by atoms with Gasteiger partial charge in [0.15, 0.2) is 11.5 Å². The second-order valence-corrected chi connectivity index (χ2v) is 6.55. The summed E-state index contributed by atoms with van der Waals surface area (Å²) in [5.74, 6) is -1.06. The van der Waals surface area contributed by atoms with E-state index in [0.717, 1.165) is 5.56 Å². The van der Waals surface area contributed by atoms with Crippen molar-refractivity contribution < 1.29 is 29.1 Å². The number of ketones is 1. The molecule has 0 saturated heterocycles. The van der Waals surface area contributed by atoms with Crippen LogP contribution in [0.4, 0.5) is 5.69 Å². The highest BCUT2D eigenvalue weighted by atomic mass is 16.7. The fraction of sp³-hybridized carbons (Fsp3) is 0.238. The van der Waals surface area contributed by atoms with Gasteiger partial charge in [-0.15, -0.1) is 0 Å². The molecule has 8 heteroatoms. The molecule has 1 N–H and O–H groups in total. The number of aliphatic carboxylic acids is 1. The van der Waals surface area contributed by atoms with E-state index in [1.165, 1.54) is 24.5 Å². The first kappa shape index (κ1) is 20.1. The maximum atomic E-state index is 12.4. The Morgan fingerprint density at radius 3 is 2.55 bits per heavy atom. The molecule has 1 aliphatic heterocycles. The topological polar surface area (TPSA) is 116 Å². The first-order chi connectivity index (χ1) is 13.9. The number of hydrogen-bond donors (Lipinski definition) is 1. The quantitative estimate of drug-likeness (QED) is 0.387. The van der Waals surface area contributed by atoms with E-state index in [9.17, 15) is 19.7 Å². The van der Waals surface area contributed by atoms with Gasteiger partial charge in [0.2, 0.25) is 6.29 Å². The van der Waals surface area contributed by atoms with E-state index in [2.05, 4.69) is 0 Å². The van der Waals surface area contributed by atoms with E-state index in [0.29, 0.717) is 17.7 Å². The van der Waals surface area contributed by atoms with Crippen LogP contribution >= 0.6 is 0 Å². The summed E-state index contributed by atoms with van der Waals surface area (Å²) < 4.78 is 11.3.